The second-order valence-corrected chi connectivity index (χ2v) is 10.8. The first-order chi connectivity index (χ1) is 12.9. The van der Waals surface area contributed by atoms with Crippen molar-refractivity contribution >= 4 is 37.3 Å². The van der Waals surface area contributed by atoms with Crippen LogP contribution in [0.5, 0.6) is 0 Å². The van der Waals surface area contributed by atoms with Gasteiger partial charge in [0.15, 0.2) is 5.82 Å². The molecule has 0 aliphatic rings. The molecule has 1 heterocycles. The average Bonchev–Trinajstić information content (AvgIpc) is 2.98. The molecule has 28 heavy (non-hydrogen) atoms. The molecule has 0 aliphatic heterocycles. The van der Waals surface area contributed by atoms with E-state index in [0.29, 0.717) is 4.68 Å². The van der Waals surface area contributed by atoms with Gasteiger partial charge in [0.05, 0.1) is 28.3 Å². The van der Waals surface area contributed by atoms with Gasteiger partial charge in [0.2, 0.25) is 20.0 Å². The van der Waals surface area contributed by atoms with Crippen LogP contribution in [-0.2, 0) is 20.0 Å². The Morgan fingerprint density at radius 1 is 1.11 bits per heavy atom. The smallest absolute Gasteiger partial charge is 0.244 e. The molecule has 14 heteroatoms. The maximum atomic E-state index is 14.5. The Bertz CT molecular complexity index is 1120. The number of tetrazole rings is 1. The fourth-order valence-corrected chi connectivity index (χ4v) is 5.99. The van der Waals surface area contributed by atoms with Crippen molar-refractivity contribution in [3.05, 3.63) is 33.5 Å². The summed E-state index contributed by atoms with van der Waals surface area (Å²) < 4.78 is 66.0. The Balaban J connectivity index is 2.84. The molecule has 156 valence electrons. The molecule has 2 rings (SSSR count). The highest BCUT2D eigenvalue weighted by Crippen LogP contribution is 2.34. The highest BCUT2D eigenvalue weighted by molar-refractivity contribution is 8.10. The van der Waals surface area contributed by atoms with Crippen LogP contribution in [0.4, 0.5) is 10.1 Å². The minimum Gasteiger partial charge on any atom is -0.244 e. The van der Waals surface area contributed by atoms with Crippen LogP contribution in [0.25, 0.3) is 5.69 Å². The third kappa shape index (κ3) is 3.91. The fourth-order valence-electron chi connectivity index (χ4n) is 2.27. The number of nitrogens with zero attached hydrogens (tertiary/aromatic N) is 5. The molecular weight excluding hydrogens is 437 g/mol. The van der Waals surface area contributed by atoms with Gasteiger partial charge in [0.1, 0.15) is 5.69 Å². The third-order valence-corrected chi connectivity index (χ3v) is 8.30. The van der Waals surface area contributed by atoms with Gasteiger partial charge in [0.25, 0.3) is 0 Å². The van der Waals surface area contributed by atoms with Crippen LogP contribution in [0.1, 0.15) is 33.7 Å². The second kappa shape index (κ2) is 7.79. The number of anilines is 1. The van der Waals surface area contributed by atoms with Crippen molar-refractivity contribution in [1.82, 2.24) is 19.8 Å². The van der Waals surface area contributed by atoms with E-state index in [-0.39, 0.29) is 9.75 Å². The molecule has 0 aliphatic carbocycles. The van der Waals surface area contributed by atoms with Gasteiger partial charge in [-0.3, -0.25) is 0 Å². The van der Waals surface area contributed by atoms with Crippen molar-refractivity contribution in [2.45, 2.75) is 33.7 Å². The van der Waals surface area contributed by atoms with Gasteiger partial charge in [-0.1, -0.05) is 11.6 Å². The van der Waals surface area contributed by atoms with Crippen LogP contribution in [-0.4, -0.2) is 48.1 Å². The molecule has 0 N–H and O–H groups in total. The van der Waals surface area contributed by atoms with Gasteiger partial charge in [-0.25, -0.2) is 26.0 Å². The normalized spacial score (nSPS) is 12.5. The Morgan fingerprint density at radius 2 is 1.64 bits per heavy atom. The maximum absolute atomic E-state index is 14.5. The second-order valence-electron chi connectivity index (χ2n) is 5.96. The quantitative estimate of drug-likeness (QED) is 0.616. The molecule has 0 fully saturated rings. The van der Waals surface area contributed by atoms with E-state index in [1.54, 1.807) is 13.8 Å². The standard InChI is InChI=1S/C14H19ClFN5O5S2/c1-5-27(23,24)21(28(25,26)6-2)12-8-13(11(16)7-10(12)15)20-14(22)19(9(3)4)17-18-20/h7-9H,5-6H2,1-4H3. The zero-order valence-electron chi connectivity index (χ0n) is 15.5. The van der Waals surface area contributed by atoms with Crippen LogP contribution >= 0.6 is 11.6 Å². The molecule has 0 radical (unpaired) electrons. The first-order valence-electron chi connectivity index (χ1n) is 8.17. The molecule has 0 atom stereocenters. The Kier molecular flexibility index (Phi) is 6.21. The van der Waals surface area contributed by atoms with Gasteiger partial charge in [-0.15, -0.1) is 0 Å². The minimum absolute atomic E-state index is 0.156. The highest BCUT2D eigenvalue weighted by atomic mass is 35.5. The summed E-state index contributed by atoms with van der Waals surface area (Å²) in [6.45, 7) is 5.83. The van der Waals surface area contributed by atoms with Gasteiger partial charge < -0.3 is 0 Å². The predicted octanol–water partition coefficient (Wildman–Crippen LogP) is 1.31. The van der Waals surface area contributed by atoms with E-state index in [9.17, 15) is 26.0 Å². The van der Waals surface area contributed by atoms with E-state index in [2.05, 4.69) is 10.4 Å². The van der Waals surface area contributed by atoms with Crippen molar-refractivity contribution < 1.29 is 21.2 Å². The molecule has 0 saturated heterocycles. The number of hydrogen-bond donors (Lipinski definition) is 0. The topological polar surface area (TPSA) is 124 Å². The summed E-state index contributed by atoms with van der Waals surface area (Å²) in [4.78, 5) is 12.4. The monoisotopic (exact) mass is 455 g/mol. The van der Waals surface area contributed by atoms with Crippen molar-refractivity contribution in [2.24, 2.45) is 0 Å². The summed E-state index contributed by atoms with van der Waals surface area (Å²) in [5.41, 5.74) is -1.78. The largest absolute Gasteiger partial charge is 0.368 e. The molecule has 0 spiro atoms. The van der Waals surface area contributed by atoms with Crippen molar-refractivity contribution in [1.29, 1.82) is 0 Å². The summed E-state index contributed by atoms with van der Waals surface area (Å²) in [5, 5.41) is 6.75. The predicted molar refractivity (Wildman–Crippen MR) is 102 cm³/mol. The van der Waals surface area contributed by atoms with E-state index in [1.807, 2.05) is 0 Å². The van der Waals surface area contributed by atoms with E-state index in [4.69, 9.17) is 11.6 Å². The van der Waals surface area contributed by atoms with Crippen LogP contribution in [0.3, 0.4) is 0 Å². The molecular formula is C14H19ClFN5O5S2. The Labute approximate surface area is 166 Å². The van der Waals surface area contributed by atoms with E-state index in [1.165, 1.54) is 13.8 Å². The first kappa shape index (κ1) is 22.3. The lowest BCUT2D eigenvalue weighted by Gasteiger charge is -2.24. The highest BCUT2D eigenvalue weighted by Gasteiger charge is 2.34. The third-order valence-electron chi connectivity index (χ3n) is 3.77. The van der Waals surface area contributed by atoms with Gasteiger partial charge in [-0.05, 0) is 50.3 Å². The summed E-state index contributed by atoms with van der Waals surface area (Å²) in [6, 6.07) is 1.20. The SMILES string of the molecule is CCS(=O)(=O)N(c1cc(-n2nnn(C(C)C)c2=O)c(F)cc1Cl)S(=O)(=O)CC. The van der Waals surface area contributed by atoms with E-state index in [0.717, 1.165) is 16.8 Å². The molecule has 0 amide bonds. The van der Waals surface area contributed by atoms with Crippen molar-refractivity contribution in [3.63, 3.8) is 0 Å². The van der Waals surface area contributed by atoms with Crippen molar-refractivity contribution in [3.8, 4) is 5.69 Å². The molecule has 1 aromatic carbocycles. The van der Waals surface area contributed by atoms with Crippen LogP contribution in [0, 0.1) is 5.82 Å². The lowest BCUT2D eigenvalue weighted by molar-refractivity contribution is 0.500. The maximum Gasteiger partial charge on any atom is 0.368 e. The molecule has 10 nitrogen and oxygen atoms in total. The van der Waals surface area contributed by atoms with Crippen LogP contribution < -0.4 is 9.40 Å². The minimum atomic E-state index is -4.33. The van der Waals surface area contributed by atoms with Crippen LogP contribution in [0.15, 0.2) is 16.9 Å². The lowest BCUT2D eigenvalue weighted by atomic mass is 10.2. The molecule has 1 aromatic heterocycles. The number of hydrogen-bond acceptors (Lipinski definition) is 7. The lowest BCUT2D eigenvalue weighted by Crippen LogP contribution is -2.39. The fraction of sp³-hybridized carbons (Fsp3) is 0.500. The Morgan fingerprint density at radius 3 is 2.07 bits per heavy atom. The van der Waals surface area contributed by atoms with Gasteiger partial charge >= 0.3 is 5.69 Å². The molecule has 2 aromatic rings. The zero-order chi connectivity index (χ0) is 21.4. The van der Waals surface area contributed by atoms with E-state index >= 15 is 0 Å². The van der Waals surface area contributed by atoms with Gasteiger partial charge in [-0.2, -0.15) is 13.1 Å². The summed E-state index contributed by atoms with van der Waals surface area (Å²) >= 11 is 5.97. The molecule has 0 saturated carbocycles. The van der Waals surface area contributed by atoms with Crippen LogP contribution in [0.2, 0.25) is 5.02 Å². The summed E-state index contributed by atoms with van der Waals surface area (Å²) in [6.07, 6.45) is 0. The first-order valence-corrected chi connectivity index (χ1v) is 11.8. The molecule has 0 bridgehead atoms. The van der Waals surface area contributed by atoms with Gasteiger partial charge in [0, 0.05) is 0 Å². The number of benzene rings is 1. The number of rotatable bonds is 7. The van der Waals surface area contributed by atoms with Crippen molar-refractivity contribution in [2.75, 3.05) is 15.2 Å². The summed E-state index contributed by atoms with van der Waals surface area (Å²) in [7, 11) is -8.65. The Hall–Kier alpha value is -1.99. The summed E-state index contributed by atoms with van der Waals surface area (Å²) in [5.74, 6) is -2.09. The zero-order valence-corrected chi connectivity index (χ0v) is 17.9. The average molecular weight is 456 g/mol. The molecule has 0 unspecified atom stereocenters. The number of sulfonamides is 2. The van der Waals surface area contributed by atoms with E-state index < -0.39 is 59.5 Å². The number of aromatic nitrogens is 4. The number of halogens is 2.